The summed E-state index contributed by atoms with van der Waals surface area (Å²) in [5, 5.41) is 6.32. The van der Waals surface area contributed by atoms with Crippen LogP contribution in [0.1, 0.15) is 22.3 Å². The van der Waals surface area contributed by atoms with E-state index < -0.39 is 0 Å². The molecule has 1 aromatic heterocycles. The van der Waals surface area contributed by atoms with Crippen LogP contribution in [-0.2, 0) is 16.1 Å². The minimum absolute atomic E-state index is 0.151. The summed E-state index contributed by atoms with van der Waals surface area (Å²) in [5.41, 5.74) is 3.82. The van der Waals surface area contributed by atoms with E-state index in [-0.39, 0.29) is 31.4 Å². The van der Waals surface area contributed by atoms with Crippen molar-refractivity contribution in [1.82, 2.24) is 5.32 Å². The number of nitrogens with one attached hydrogen (secondary N) is 1. The van der Waals surface area contributed by atoms with Crippen molar-refractivity contribution in [1.29, 1.82) is 0 Å². The number of carbonyl (C=O) groups is 2. The number of hydrogen-bond acceptors (Lipinski definition) is 4. The van der Waals surface area contributed by atoms with E-state index in [4.69, 9.17) is 4.74 Å². The molecular formula is C21H19NO3S. The molecule has 3 rings (SSSR count). The third-order valence-electron chi connectivity index (χ3n) is 3.86. The van der Waals surface area contributed by atoms with Crippen LogP contribution in [0.2, 0.25) is 0 Å². The van der Waals surface area contributed by atoms with Crippen LogP contribution in [0.15, 0.2) is 71.4 Å². The first-order valence-electron chi connectivity index (χ1n) is 8.33. The van der Waals surface area contributed by atoms with Crippen molar-refractivity contribution in [2.75, 3.05) is 6.54 Å². The molecular weight excluding hydrogens is 346 g/mol. The molecule has 0 spiro atoms. The predicted molar refractivity (Wildman–Crippen MR) is 103 cm³/mol. The van der Waals surface area contributed by atoms with Crippen LogP contribution >= 0.6 is 11.3 Å². The minimum Gasteiger partial charge on any atom is -0.461 e. The number of ether oxygens (including phenoxy) is 1. The maximum absolute atomic E-state index is 11.8. The Hall–Kier alpha value is -2.92. The standard InChI is InChI=1S/C21H19NO3S/c23-20(10-12-22-21(24)19-11-13-26-15-19)25-14-16-6-8-18(9-7-16)17-4-2-1-3-5-17/h1-9,11,13,15H,10,12,14H2,(H,22,24). The average Bonchev–Trinajstić information content (AvgIpc) is 3.22. The summed E-state index contributed by atoms with van der Waals surface area (Å²) in [4.78, 5) is 23.6. The SMILES string of the molecule is O=C(CCNC(=O)c1ccsc1)OCc1ccc(-c2ccccc2)cc1. The number of esters is 1. The molecule has 0 saturated heterocycles. The van der Waals surface area contributed by atoms with Crippen molar-refractivity contribution >= 4 is 23.2 Å². The van der Waals surface area contributed by atoms with Gasteiger partial charge in [0.25, 0.3) is 5.91 Å². The van der Waals surface area contributed by atoms with E-state index in [0.717, 1.165) is 16.7 Å². The topological polar surface area (TPSA) is 55.4 Å². The summed E-state index contributed by atoms with van der Waals surface area (Å²) in [6.07, 6.45) is 0.151. The summed E-state index contributed by atoms with van der Waals surface area (Å²) in [6, 6.07) is 19.8. The van der Waals surface area contributed by atoms with Crippen molar-refractivity contribution in [2.45, 2.75) is 13.0 Å². The van der Waals surface area contributed by atoms with Gasteiger partial charge in [-0.1, -0.05) is 54.6 Å². The average molecular weight is 365 g/mol. The van der Waals surface area contributed by atoms with Gasteiger partial charge in [0, 0.05) is 17.5 Å². The fraction of sp³-hybridized carbons (Fsp3) is 0.143. The molecule has 0 saturated carbocycles. The second kappa shape index (κ2) is 8.97. The number of thiophene rings is 1. The molecule has 0 aliphatic rings. The van der Waals surface area contributed by atoms with Gasteiger partial charge in [-0.05, 0) is 28.1 Å². The highest BCUT2D eigenvalue weighted by Crippen LogP contribution is 2.19. The van der Waals surface area contributed by atoms with E-state index >= 15 is 0 Å². The van der Waals surface area contributed by atoms with Crippen LogP contribution in [0.4, 0.5) is 0 Å². The fourth-order valence-electron chi connectivity index (χ4n) is 2.43. The van der Waals surface area contributed by atoms with Gasteiger partial charge in [-0.2, -0.15) is 11.3 Å². The molecule has 26 heavy (non-hydrogen) atoms. The molecule has 0 fully saturated rings. The summed E-state index contributed by atoms with van der Waals surface area (Å²) in [5.74, 6) is -0.502. The van der Waals surface area contributed by atoms with Crippen LogP contribution in [0.3, 0.4) is 0 Å². The van der Waals surface area contributed by atoms with Gasteiger partial charge in [0.2, 0.25) is 0 Å². The second-order valence-electron chi connectivity index (χ2n) is 5.74. The molecule has 0 unspecified atom stereocenters. The van der Waals surface area contributed by atoms with Gasteiger partial charge in [0.05, 0.1) is 6.42 Å². The van der Waals surface area contributed by atoms with E-state index in [1.807, 2.05) is 47.8 Å². The Bertz CT molecular complexity index is 843. The lowest BCUT2D eigenvalue weighted by Crippen LogP contribution is -2.26. The molecule has 1 heterocycles. The molecule has 0 atom stereocenters. The zero-order chi connectivity index (χ0) is 18.2. The quantitative estimate of drug-likeness (QED) is 0.636. The van der Waals surface area contributed by atoms with Crippen molar-refractivity contribution in [3.05, 3.63) is 82.6 Å². The molecule has 3 aromatic rings. The molecule has 0 bridgehead atoms. The van der Waals surface area contributed by atoms with Crippen molar-refractivity contribution in [3.8, 4) is 11.1 Å². The zero-order valence-corrected chi connectivity index (χ0v) is 15.0. The smallest absolute Gasteiger partial charge is 0.307 e. The van der Waals surface area contributed by atoms with Crippen LogP contribution in [-0.4, -0.2) is 18.4 Å². The largest absolute Gasteiger partial charge is 0.461 e. The number of amides is 1. The van der Waals surface area contributed by atoms with Gasteiger partial charge in [-0.3, -0.25) is 9.59 Å². The molecule has 2 aromatic carbocycles. The molecule has 0 radical (unpaired) electrons. The Morgan fingerprint density at radius 1 is 0.923 bits per heavy atom. The lowest BCUT2D eigenvalue weighted by Gasteiger charge is -2.07. The van der Waals surface area contributed by atoms with E-state index in [2.05, 4.69) is 17.4 Å². The van der Waals surface area contributed by atoms with Crippen LogP contribution < -0.4 is 5.32 Å². The Morgan fingerprint density at radius 2 is 1.65 bits per heavy atom. The van der Waals surface area contributed by atoms with Gasteiger partial charge in [-0.15, -0.1) is 0 Å². The molecule has 1 amide bonds. The van der Waals surface area contributed by atoms with E-state index in [1.165, 1.54) is 11.3 Å². The Kier molecular flexibility index (Phi) is 6.17. The molecule has 5 heteroatoms. The number of carbonyl (C=O) groups excluding carboxylic acids is 2. The minimum atomic E-state index is -0.331. The highest BCUT2D eigenvalue weighted by molar-refractivity contribution is 7.08. The molecule has 132 valence electrons. The monoisotopic (exact) mass is 365 g/mol. The molecule has 0 aliphatic heterocycles. The van der Waals surface area contributed by atoms with Crippen molar-refractivity contribution in [3.63, 3.8) is 0 Å². The lowest BCUT2D eigenvalue weighted by atomic mass is 10.0. The summed E-state index contributed by atoms with van der Waals surface area (Å²) in [6.45, 7) is 0.493. The first-order chi connectivity index (χ1) is 12.7. The van der Waals surface area contributed by atoms with Crippen LogP contribution in [0, 0.1) is 0 Å². The second-order valence-corrected chi connectivity index (χ2v) is 6.52. The first kappa shape index (κ1) is 17.9. The van der Waals surface area contributed by atoms with E-state index in [0.29, 0.717) is 5.56 Å². The number of benzene rings is 2. The Morgan fingerprint density at radius 3 is 2.35 bits per heavy atom. The summed E-state index contributed by atoms with van der Waals surface area (Å²) >= 11 is 1.46. The maximum atomic E-state index is 11.8. The normalized spacial score (nSPS) is 10.3. The summed E-state index contributed by atoms with van der Waals surface area (Å²) in [7, 11) is 0. The van der Waals surface area contributed by atoms with Crippen molar-refractivity contribution in [2.24, 2.45) is 0 Å². The number of hydrogen-bond donors (Lipinski definition) is 1. The van der Waals surface area contributed by atoms with Gasteiger partial charge >= 0.3 is 5.97 Å². The molecule has 1 N–H and O–H groups in total. The highest BCUT2D eigenvalue weighted by atomic mass is 32.1. The van der Waals surface area contributed by atoms with Crippen molar-refractivity contribution < 1.29 is 14.3 Å². The zero-order valence-electron chi connectivity index (χ0n) is 14.2. The Labute approximate surface area is 156 Å². The number of rotatable bonds is 7. The van der Waals surface area contributed by atoms with Crippen LogP contribution in [0.5, 0.6) is 0 Å². The van der Waals surface area contributed by atoms with E-state index in [9.17, 15) is 9.59 Å². The summed E-state index contributed by atoms with van der Waals surface area (Å²) < 4.78 is 5.26. The van der Waals surface area contributed by atoms with Gasteiger partial charge in [0.15, 0.2) is 0 Å². The molecule has 0 aliphatic carbocycles. The highest BCUT2D eigenvalue weighted by Gasteiger charge is 2.08. The lowest BCUT2D eigenvalue weighted by molar-refractivity contribution is -0.144. The first-order valence-corrected chi connectivity index (χ1v) is 9.27. The third kappa shape index (κ3) is 5.04. The predicted octanol–water partition coefficient (Wildman–Crippen LogP) is 4.28. The van der Waals surface area contributed by atoms with Crippen LogP contribution in [0.25, 0.3) is 11.1 Å². The van der Waals surface area contributed by atoms with Gasteiger partial charge < -0.3 is 10.1 Å². The maximum Gasteiger partial charge on any atom is 0.307 e. The van der Waals surface area contributed by atoms with Gasteiger partial charge in [-0.25, -0.2) is 0 Å². The van der Waals surface area contributed by atoms with E-state index in [1.54, 1.807) is 11.4 Å². The third-order valence-corrected chi connectivity index (χ3v) is 4.54. The Balaban J connectivity index is 1.41. The van der Waals surface area contributed by atoms with Gasteiger partial charge in [0.1, 0.15) is 6.61 Å². The fourth-order valence-corrected chi connectivity index (χ4v) is 3.07. The molecule has 4 nitrogen and oxygen atoms in total.